The summed E-state index contributed by atoms with van der Waals surface area (Å²) in [5, 5.41) is 0. The highest BCUT2D eigenvalue weighted by atomic mass is 14.5. The van der Waals surface area contributed by atoms with Gasteiger partial charge in [-0.15, -0.1) is 6.58 Å². The first-order valence-electron chi connectivity index (χ1n) is 14.0. The standard InChI is InChI=1S/C35H52/c1-12-16-32-33(28(9)31-18-17-30(14-3)26(7)24-31)29(10)34(11,22-19-25(5)6)27(8)20-23-35(32,15-4)21-13-2/h15,17-19,24,27H,4,9-10,12-14,16,20-23H2,1-3,5-8,11H3/t27?,34-,35+/m1/s1. The van der Waals surface area contributed by atoms with Crippen LogP contribution in [0.15, 0.2) is 72.4 Å². The Kier molecular flexibility index (Phi) is 10.2. The molecule has 3 atom stereocenters. The van der Waals surface area contributed by atoms with E-state index in [1.165, 1.54) is 45.4 Å². The molecule has 0 amide bonds. The lowest BCUT2D eigenvalue weighted by atomic mass is 9.57. The van der Waals surface area contributed by atoms with E-state index in [4.69, 9.17) is 13.2 Å². The van der Waals surface area contributed by atoms with Gasteiger partial charge in [0, 0.05) is 5.41 Å². The van der Waals surface area contributed by atoms with Crippen LogP contribution in [0.25, 0.3) is 5.57 Å². The highest BCUT2D eigenvalue weighted by Crippen LogP contribution is 2.55. The summed E-state index contributed by atoms with van der Waals surface area (Å²) in [5.74, 6) is 0.525. The van der Waals surface area contributed by atoms with Gasteiger partial charge in [0.25, 0.3) is 0 Å². The molecule has 192 valence electrons. The van der Waals surface area contributed by atoms with Crippen LogP contribution in [0, 0.1) is 23.7 Å². The molecule has 0 aromatic heterocycles. The summed E-state index contributed by atoms with van der Waals surface area (Å²) in [6, 6.07) is 6.92. The fourth-order valence-electron chi connectivity index (χ4n) is 6.16. The molecule has 0 bridgehead atoms. The van der Waals surface area contributed by atoms with Crippen LogP contribution in [-0.2, 0) is 6.42 Å². The highest BCUT2D eigenvalue weighted by molar-refractivity contribution is 5.84. The van der Waals surface area contributed by atoms with Crippen molar-refractivity contribution in [3.8, 4) is 0 Å². The predicted octanol–water partition coefficient (Wildman–Crippen LogP) is 11.0. The number of benzene rings is 1. The van der Waals surface area contributed by atoms with Crippen LogP contribution in [-0.4, -0.2) is 0 Å². The molecular weight excluding hydrogens is 420 g/mol. The van der Waals surface area contributed by atoms with Crippen molar-refractivity contribution in [3.63, 3.8) is 0 Å². The summed E-state index contributed by atoms with van der Waals surface area (Å²) in [7, 11) is 0. The fourth-order valence-corrected chi connectivity index (χ4v) is 6.16. The van der Waals surface area contributed by atoms with Gasteiger partial charge in [-0.1, -0.05) is 102 Å². The molecule has 35 heavy (non-hydrogen) atoms. The van der Waals surface area contributed by atoms with Crippen molar-refractivity contribution in [2.24, 2.45) is 16.7 Å². The van der Waals surface area contributed by atoms with Crippen LogP contribution >= 0.6 is 0 Å². The molecule has 0 saturated carbocycles. The highest BCUT2D eigenvalue weighted by Gasteiger charge is 2.43. The van der Waals surface area contributed by atoms with Crippen molar-refractivity contribution in [2.75, 3.05) is 0 Å². The van der Waals surface area contributed by atoms with Gasteiger partial charge in [0.1, 0.15) is 0 Å². The molecule has 0 nitrogen and oxygen atoms in total. The minimum Gasteiger partial charge on any atom is -0.102 e. The van der Waals surface area contributed by atoms with E-state index in [0.717, 1.165) is 50.5 Å². The molecule has 1 aromatic rings. The molecule has 0 radical (unpaired) electrons. The maximum Gasteiger partial charge on any atom is 0.00974 e. The molecule has 0 heterocycles. The molecule has 0 aliphatic heterocycles. The van der Waals surface area contributed by atoms with Gasteiger partial charge in [-0.25, -0.2) is 0 Å². The SMILES string of the molecule is C=C[C@]1(CCC)CCC(C)[C@@](C)(CC=C(C)C)C(=C)C(C(=C)c2ccc(CC)c(C)c2)=C1CCC. The Morgan fingerprint density at radius 1 is 1.14 bits per heavy atom. The molecule has 1 unspecified atom stereocenters. The molecule has 0 saturated heterocycles. The van der Waals surface area contributed by atoms with Crippen LogP contribution in [0.1, 0.15) is 110 Å². The largest absolute Gasteiger partial charge is 0.102 e. The Morgan fingerprint density at radius 3 is 2.34 bits per heavy atom. The summed E-state index contributed by atoms with van der Waals surface area (Å²) in [6.07, 6.45) is 13.6. The second kappa shape index (κ2) is 12.2. The van der Waals surface area contributed by atoms with Crippen molar-refractivity contribution in [1.82, 2.24) is 0 Å². The molecule has 0 fully saturated rings. The van der Waals surface area contributed by atoms with Gasteiger partial charge < -0.3 is 0 Å². The quantitative estimate of drug-likeness (QED) is 0.297. The van der Waals surface area contributed by atoms with Crippen LogP contribution in [0.5, 0.6) is 0 Å². The van der Waals surface area contributed by atoms with Gasteiger partial charge in [0.05, 0.1) is 0 Å². The first kappa shape index (κ1) is 29.2. The van der Waals surface area contributed by atoms with Gasteiger partial charge in [-0.05, 0) is 104 Å². The van der Waals surface area contributed by atoms with Crippen molar-refractivity contribution in [2.45, 2.75) is 107 Å². The average Bonchev–Trinajstić information content (AvgIpc) is 2.83. The monoisotopic (exact) mass is 472 g/mol. The molecule has 2 rings (SSSR count). The lowest BCUT2D eigenvalue weighted by Gasteiger charge is -2.46. The molecule has 1 aliphatic rings. The second-order valence-corrected chi connectivity index (χ2v) is 11.5. The van der Waals surface area contributed by atoms with E-state index in [1.54, 1.807) is 0 Å². The zero-order valence-electron chi connectivity index (χ0n) is 24.2. The van der Waals surface area contributed by atoms with E-state index in [-0.39, 0.29) is 10.8 Å². The van der Waals surface area contributed by atoms with E-state index in [9.17, 15) is 0 Å². The number of hydrogen-bond donors (Lipinski definition) is 0. The molecule has 0 heteroatoms. The normalized spacial score (nSPS) is 25.1. The fraction of sp³-hybridized carbons (Fsp3) is 0.543. The minimum absolute atomic E-state index is 0.00746. The molecule has 0 N–H and O–H groups in total. The van der Waals surface area contributed by atoms with E-state index in [1.807, 2.05) is 0 Å². The van der Waals surface area contributed by atoms with E-state index in [2.05, 4.69) is 92.3 Å². The third-order valence-electron chi connectivity index (χ3n) is 8.90. The maximum absolute atomic E-state index is 4.89. The summed E-state index contributed by atoms with van der Waals surface area (Å²) in [4.78, 5) is 0. The summed E-state index contributed by atoms with van der Waals surface area (Å²) < 4.78 is 0. The Labute approximate surface area is 218 Å². The van der Waals surface area contributed by atoms with Gasteiger partial charge in [0.15, 0.2) is 0 Å². The molecule has 1 aromatic carbocycles. The number of allylic oxidation sites excluding steroid dienone is 7. The zero-order valence-corrected chi connectivity index (χ0v) is 24.2. The third kappa shape index (κ3) is 6.02. The Balaban J connectivity index is 2.90. The van der Waals surface area contributed by atoms with E-state index < -0.39 is 0 Å². The lowest BCUT2D eigenvalue weighted by Crippen LogP contribution is -2.35. The molecular formula is C35H52. The average molecular weight is 473 g/mol. The van der Waals surface area contributed by atoms with Crippen LogP contribution in [0.3, 0.4) is 0 Å². The van der Waals surface area contributed by atoms with Gasteiger partial charge in [-0.3, -0.25) is 0 Å². The van der Waals surface area contributed by atoms with E-state index in [0.29, 0.717) is 5.92 Å². The lowest BCUT2D eigenvalue weighted by molar-refractivity contribution is 0.208. The summed E-state index contributed by atoms with van der Waals surface area (Å²) in [5.41, 5.74) is 10.7. The smallest absolute Gasteiger partial charge is 0.00974 e. The van der Waals surface area contributed by atoms with Crippen molar-refractivity contribution < 1.29 is 0 Å². The van der Waals surface area contributed by atoms with Gasteiger partial charge in [0.2, 0.25) is 0 Å². The molecule has 1 aliphatic carbocycles. The number of rotatable bonds is 10. The zero-order chi connectivity index (χ0) is 26.4. The van der Waals surface area contributed by atoms with Gasteiger partial charge >= 0.3 is 0 Å². The minimum atomic E-state index is -0.00746. The molecule has 0 spiro atoms. The maximum atomic E-state index is 4.89. The Hall–Kier alpha value is -2.08. The second-order valence-electron chi connectivity index (χ2n) is 11.5. The van der Waals surface area contributed by atoms with Crippen molar-refractivity contribution in [3.05, 3.63) is 89.1 Å². The van der Waals surface area contributed by atoms with Crippen LogP contribution in [0.2, 0.25) is 0 Å². The van der Waals surface area contributed by atoms with E-state index >= 15 is 0 Å². The topological polar surface area (TPSA) is 0 Å². The summed E-state index contributed by atoms with van der Waals surface area (Å²) in [6.45, 7) is 32.5. The third-order valence-corrected chi connectivity index (χ3v) is 8.90. The Bertz CT molecular complexity index is 993. The number of aryl methyl sites for hydroxylation is 2. The summed E-state index contributed by atoms with van der Waals surface area (Å²) >= 11 is 0. The first-order chi connectivity index (χ1) is 16.5. The van der Waals surface area contributed by atoms with Crippen molar-refractivity contribution >= 4 is 5.57 Å². The first-order valence-corrected chi connectivity index (χ1v) is 14.0. The van der Waals surface area contributed by atoms with Gasteiger partial charge in [-0.2, -0.15) is 0 Å². The number of hydrogen-bond acceptors (Lipinski definition) is 0. The van der Waals surface area contributed by atoms with Crippen LogP contribution in [0.4, 0.5) is 0 Å². The van der Waals surface area contributed by atoms with Crippen LogP contribution < -0.4 is 0 Å². The van der Waals surface area contributed by atoms with Crippen molar-refractivity contribution in [1.29, 1.82) is 0 Å². The Morgan fingerprint density at radius 2 is 1.83 bits per heavy atom. The predicted molar refractivity (Wildman–Crippen MR) is 159 cm³/mol.